The monoisotopic (exact) mass is 646 g/mol. The van der Waals surface area contributed by atoms with Crippen molar-refractivity contribution < 1.29 is 0 Å². The van der Waals surface area contributed by atoms with Gasteiger partial charge in [-0.3, -0.25) is 0 Å². The van der Waals surface area contributed by atoms with E-state index < -0.39 is 0 Å². The van der Waals surface area contributed by atoms with Gasteiger partial charge in [-0.15, -0.1) is 0 Å². The molecule has 0 saturated heterocycles. The molecule has 4 fully saturated rings. The van der Waals surface area contributed by atoms with Crippen molar-refractivity contribution in [1.82, 2.24) is 0 Å². The zero-order chi connectivity index (χ0) is 33.5. The van der Waals surface area contributed by atoms with Crippen LogP contribution in [0.25, 0.3) is 28.3 Å². The first kappa shape index (κ1) is 32.8. The standard InChI is InChI=1S/C49H58/c1-4-7-9-13-27-49(28-14-10-8-5-2)45-16-12-11-15-43(45)44-26-21-40(30-46(44)49)39-19-24-42(25-20-39)48-33-37-29-38(34-48)32-47(31-37,35-48)41-22-17-36(6-3)18-23-41/h6,11-12,15-26,30,37-38H,3-5,7-10,13-14,27-29,31-35H2,1-2H3. The van der Waals surface area contributed by atoms with Gasteiger partial charge in [0.25, 0.3) is 0 Å². The molecule has 254 valence electrons. The Balaban J connectivity index is 1.11. The van der Waals surface area contributed by atoms with E-state index in [4.69, 9.17) is 0 Å². The van der Waals surface area contributed by atoms with Crippen molar-refractivity contribution in [3.05, 3.63) is 125 Å². The van der Waals surface area contributed by atoms with Crippen LogP contribution in [-0.2, 0) is 16.2 Å². The first-order valence-electron chi connectivity index (χ1n) is 20.1. The molecular formula is C49H58. The number of unbranched alkanes of at least 4 members (excludes halogenated alkanes) is 6. The highest BCUT2D eigenvalue weighted by molar-refractivity contribution is 5.84. The molecule has 4 bridgehead atoms. The molecule has 49 heavy (non-hydrogen) atoms. The minimum absolute atomic E-state index is 0.140. The summed E-state index contributed by atoms with van der Waals surface area (Å²) in [5.41, 5.74) is 14.2. The molecule has 9 rings (SSSR count). The number of benzene rings is 4. The van der Waals surface area contributed by atoms with Crippen LogP contribution in [0.3, 0.4) is 0 Å². The third-order valence-corrected chi connectivity index (χ3v) is 13.8. The molecule has 0 amide bonds. The molecule has 0 radical (unpaired) electrons. The Bertz CT molecular complexity index is 1740. The highest BCUT2D eigenvalue weighted by atomic mass is 14.6. The van der Waals surface area contributed by atoms with Crippen LogP contribution >= 0.6 is 0 Å². The summed E-state index contributed by atoms with van der Waals surface area (Å²) in [5, 5.41) is 0. The number of hydrogen-bond donors (Lipinski definition) is 0. The molecule has 2 unspecified atom stereocenters. The van der Waals surface area contributed by atoms with E-state index >= 15 is 0 Å². The Hall–Kier alpha value is -3.38. The summed E-state index contributed by atoms with van der Waals surface area (Å²) < 4.78 is 0. The number of rotatable bonds is 14. The fraction of sp³-hybridized carbons (Fsp3) is 0.469. The lowest BCUT2D eigenvalue weighted by Crippen LogP contribution is -2.55. The van der Waals surface area contributed by atoms with Gasteiger partial charge in [0.1, 0.15) is 0 Å². The van der Waals surface area contributed by atoms with Crippen LogP contribution in [0.15, 0.2) is 97.6 Å². The van der Waals surface area contributed by atoms with Crippen molar-refractivity contribution in [2.75, 3.05) is 0 Å². The summed E-state index contributed by atoms with van der Waals surface area (Å²) in [6, 6.07) is 36.4. The molecule has 0 aromatic heterocycles. The van der Waals surface area contributed by atoms with Crippen molar-refractivity contribution >= 4 is 6.08 Å². The molecule has 5 aliphatic carbocycles. The third-order valence-electron chi connectivity index (χ3n) is 13.8. The molecule has 4 saturated carbocycles. The van der Waals surface area contributed by atoms with Crippen molar-refractivity contribution in [3.63, 3.8) is 0 Å². The molecule has 0 spiro atoms. The zero-order valence-electron chi connectivity index (χ0n) is 30.4. The summed E-state index contributed by atoms with van der Waals surface area (Å²) >= 11 is 0. The van der Waals surface area contributed by atoms with Crippen LogP contribution in [0.2, 0.25) is 0 Å². The fourth-order valence-corrected chi connectivity index (χ4v) is 11.9. The van der Waals surface area contributed by atoms with Crippen LogP contribution < -0.4 is 0 Å². The minimum atomic E-state index is 0.140. The SMILES string of the molecule is C=Cc1ccc(C23CC4CC(C2)CC(c2ccc(-c5ccc6c(c5)C(CCCCCC)(CCCCCC)c5ccccc5-6)cc2)(C4)C3)cc1. The van der Waals surface area contributed by atoms with Crippen LogP contribution in [0.4, 0.5) is 0 Å². The third kappa shape index (κ3) is 5.76. The largest absolute Gasteiger partial charge is 0.0985 e. The molecule has 0 nitrogen and oxygen atoms in total. The van der Waals surface area contributed by atoms with Crippen molar-refractivity contribution in [1.29, 1.82) is 0 Å². The predicted octanol–water partition coefficient (Wildman–Crippen LogP) is 14.0. The van der Waals surface area contributed by atoms with E-state index in [9.17, 15) is 0 Å². The summed E-state index contributed by atoms with van der Waals surface area (Å²) in [6.45, 7) is 8.67. The van der Waals surface area contributed by atoms with E-state index in [0.29, 0.717) is 10.8 Å². The van der Waals surface area contributed by atoms with Gasteiger partial charge in [-0.25, -0.2) is 0 Å². The van der Waals surface area contributed by atoms with Gasteiger partial charge >= 0.3 is 0 Å². The predicted molar refractivity (Wildman–Crippen MR) is 210 cm³/mol. The fourth-order valence-electron chi connectivity index (χ4n) is 11.9. The Morgan fingerprint density at radius 2 is 1.14 bits per heavy atom. The van der Waals surface area contributed by atoms with Crippen LogP contribution in [-0.4, -0.2) is 0 Å². The molecule has 2 atom stereocenters. The molecular weight excluding hydrogens is 589 g/mol. The van der Waals surface area contributed by atoms with E-state index in [1.807, 2.05) is 6.08 Å². The summed E-state index contributed by atoms with van der Waals surface area (Å²) in [5.74, 6) is 1.72. The van der Waals surface area contributed by atoms with Gasteiger partial charge in [0, 0.05) is 5.41 Å². The van der Waals surface area contributed by atoms with Gasteiger partial charge in [0.2, 0.25) is 0 Å². The molecule has 5 aliphatic rings. The first-order chi connectivity index (χ1) is 24.0. The second-order valence-electron chi connectivity index (χ2n) is 16.9. The zero-order valence-corrected chi connectivity index (χ0v) is 30.4. The van der Waals surface area contributed by atoms with E-state index in [1.165, 1.54) is 131 Å². The summed E-state index contributed by atoms with van der Waals surface area (Å²) in [6.07, 6.45) is 23.4. The number of fused-ring (bicyclic) bond motifs is 3. The average Bonchev–Trinajstić information content (AvgIpc) is 3.40. The van der Waals surface area contributed by atoms with Gasteiger partial charge in [-0.2, -0.15) is 0 Å². The van der Waals surface area contributed by atoms with Crippen LogP contribution in [0, 0.1) is 11.8 Å². The quantitative estimate of drug-likeness (QED) is 0.120. The molecule has 0 N–H and O–H groups in total. The molecule has 0 heteroatoms. The van der Waals surface area contributed by atoms with E-state index in [-0.39, 0.29) is 5.41 Å². The lowest BCUT2D eigenvalue weighted by atomic mass is 9.41. The first-order valence-corrected chi connectivity index (χ1v) is 20.1. The van der Waals surface area contributed by atoms with Crippen molar-refractivity contribution in [2.45, 2.75) is 133 Å². The smallest absolute Gasteiger partial charge is 0.0215 e. The molecule has 4 aromatic rings. The maximum Gasteiger partial charge on any atom is 0.0215 e. The summed E-state index contributed by atoms with van der Waals surface area (Å²) in [4.78, 5) is 0. The lowest BCUT2D eigenvalue weighted by molar-refractivity contribution is -0.0281. The Morgan fingerprint density at radius 3 is 1.73 bits per heavy atom. The average molecular weight is 647 g/mol. The van der Waals surface area contributed by atoms with Crippen molar-refractivity contribution in [3.8, 4) is 22.3 Å². The minimum Gasteiger partial charge on any atom is -0.0985 e. The Labute approximate surface area is 297 Å². The van der Waals surface area contributed by atoms with E-state index in [2.05, 4.69) is 111 Å². The van der Waals surface area contributed by atoms with Gasteiger partial charge in [-0.1, -0.05) is 163 Å². The second-order valence-corrected chi connectivity index (χ2v) is 16.9. The van der Waals surface area contributed by atoms with Crippen LogP contribution in [0.5, 0.6) is 0 Å². The van der Waals surface area contributed by atoms with E-state index in [1.54, 1.807) is 22.3 Å². The maximum absolute atomic E-state index is 4.00. The molecule has 0 heterocycles. The normalized spacial score (nSPS) is 25.7. The van der Waals surface area contributed by atoms with E-state index in [0.717, 1.165) is 11.8 Å². The lowest BCUT2D eigenvalue weighted by Gasteiger charge is -2.63. The van der Waals surface area contributed by atoms with Crippen molar-refractivity contribution in [2.24, 2.45) is 11.8 Å². The summed E-state index contributed by atoms with van der Waals surface area (Å²) in [7, 11) is 0. The Morgan fingerprint density at radius 1 is 0.592 bits per heavy atom. The Kier molecular flexibility index (Phi) is 8.97. The van der Waals surface area contributed by atoms with Gasteiger partial charge in [0.15, 0.2) is 0 Å². The van der Waals surface area contributed by atoms with Gasteiger partial charge in [0.05, 0.1) is 0 Å². The van der Waals surface area contributed by atoms with Gasteiger partial charge in [-0.05, 0) is 130 Å². The molecule has 4 aromatic carbocycles. The highest BCUT2D eigenvalue weighted by Gasteiger charge is 2.58. The number of hydrogen-bond acceptors (Lipinski definition) is 0. The van der Waals surface area contributed by atoms with Crippen LogP contribution in [0.1, 0.15) is 144 Å². The highest BCUT2D eigenvalue weighted by Crippen LogP contribution is 2.66. The topological polar surface area (TPSA) is 0 Å². The second kappa shape index (κ2) is 13.4. The van der Waals surface area contributed by atoms with Gasteiger partial charge < -0.3 is 0 Å². The maximum atomic E-state index is 4.00. The molecule has 0 aliphatic heterocycles.